The van der Waals surface area contributed by atoms with Crippen molar-refractivity contribution in [3.05, 3.63) is 54.0 Å². The first-order chi connectivity index (χ1) is 13.3. The average Bonchev–Trinajstić information content (AvgIpc) is 3.22. The number of nitrogens with one attached hydrogen (secondary N) is 2. The summed E-state index contributed by atoms with van der Waals surface area (Å²) in [6.45, 7) is 2.49. The topological polar surface area (TPSA) is 79.0 Å². The molecule has 0 spiro atoms. The summed E-state index contributed by atoms with van der Waals surface area (Å²) >= 11 is 0. The highest BCUT2D eigenvalue weighted by Gasteiger charge is 2.01. The van der Waals surface area contributed by atoms with Gasteiger partial charge in [-0.25, -0.2) is 4.99 Å². The fourth-order valence-corrected chi connectivity index (χ4v) is 2.63. The number of aliphatic hydroxyl groups excluding tert-OH is 1. The van der Waals surface area contributed by atoms with Crippen LogP contribution in [0.4, 0.5) is 0 Å². The first-order valence-electron chi connectivity index (χ1n) is 9.60. The molecule has 0 unspecified atom stereocenters. The van der Waals surface area contributed by atoms with Crippen molar-refractivity contribution in [2.45, 2.75) is 38.6 Å². The number of nitrogens with zero attached hydrogens (tertiary/aromatic N) is 1. The number of aliphatic imine (C=N–C) groups is 1. The zero-order valence-electron chi connectivity index (χ0n) is 16.1. The summed E-state index contributed by atoms with van der Waals surface area (Å²) in [6.07, 6.45) is 6.60. The largest absolute Gasteiger partial charge is 0.497 e. The van der Waals surface area contributed by atoms with Crippen molar-refractivity contribution in [1.82, 2.24) is 10.6 Å². The second-order valence-corrected chi connectivity index (χ2v) is 6.33. The van der Waals surface area contributed by atoms with Crippen molar-refractivity contribution in [2.75, 3.05) is 26.8 Å². The molecular formula is C21H31N3O3. The number of aliphatic hydroxyl groups is 1. The van der Waals surface area contributed by atoms with Gasteiger partial charge in [0.2, 0.25) is 0 Å². The van der Waals surface area contributed by atoms with Crippen molar-refractivity contribution in [1.29, 1.82) is 0 Å². The van der Waals surface area contributed by atoms with Gasteiger partial charge in [0.15, 0.2) is 5.96 Å². The lowest BCUT2D eigenvalue weighted by molar-refractivity contribution is 0.282. The van der Waals surface area contributed by atoms with Crippen LogP contribution in [0.5, 0.6) is 5.75 Å². The molecule has 0 amide bonds. The van der Waals surface area contributed by atoms with Gasteiger partial charge in [0.05, 0.1) is 19.9 Å². The molecule has 0 bridgehead atoms. The molecule has 0 aliphatic heterocycles. The summed E-state index contributed by atoms with van der Waals surface area (Å²) in [7, 11) is 1.67. The number of hydrogen-bond donors (Lipinski definition) is 3. The van der Waals surface area contributed by atoms with Crippen LogP contribution >= 0.6 is 0 Å². The fourth-order valence-electron chi connectivity index (χ4n) is 2.63. The molecule has 0 saturated heterocycles. The Morgan fingerprint density at radius 2 is 1.81 bits per heavy atom. The molecule has 148 valence electrons. The van der Waals surface area contributed by atoms with E-state index in [0.29, 0.717) is 6.54 Å². The summed E-state index contributed by atoms with van der Waals surface area (Å²) in [4.78, 5) is 4.69. The van der Waals surface area contributed by atoms with Crippen LogP contribution in [0.3, 0.4) is 0 Å². The van der Waals surface area contributed by atoms with Crippen LogP contribution in [-0.2, 0) is 13.0 Å². The number of ether oxygens (including phenoxy) is 1. The van der Waals surface area contributed by atoms with Crippen LogP contribution in [0, 0.1) is 0 Å². The maximum atomic E-state index is 8.84. The van der Waals surface area contributed by atoms with E-state index in [-0.39, 0.29) is 6.61 Å². The van der Waals surface area contributed by atoms with Gasteiger partial charge >= 0.3 is 0 Å². The fraction of sp³-hybridized carbons (Fsp3) is 0.476. The molecule has 0 radical (unpaired) electrons. The standard InChI is InChI=1S/C21H31N3O3/c1-26-19-10-8-18(9-11-19)17-24-21(22-13-4-2-3-5-15-25)23-14-12-20-7-6-16-27-20/h6-11,16,25H,2-5,12-15,17H2,1H3,(H2,22,23,24). The van der Waals surface area contributed by atoms with E-state index in [4.69, 9.17) is 14.3 Å². The molecule has 0 fully saturated rings. The summed E-state index contributed by atoms with van der Waals surface area (Å²) in [5, 5.41) is 15.6. The molecule has 0 aliphatic rings. The SMILES string of the molecule is COc1ccc(CN=C(NCCCCCCO)NCCc2ccco2)cc1. The van der Waals surface area contributed by atoms with E-state index in [1.54, 1.807) is 13.4 Å². The van der Waals surface area contributed by atoms with E-state index in [9.17, 15) is 0 Å². The van der Waals surface area contributed by atoms with Gasteiger partial charge in [0.1, 0.15) is 11.5 Å². The van der Waals surface area contributed by atoms with E-state index >= 15 is 0 Å². The Morgan fingerprint density at radius 1 is 1.04 bits per heavy atom. The third-order valence-corrected chi connectivity index (χ3v) is 4.20. The molecule has 27 heavy (non-hydrogen) atoms. The highest BCUT2D eigenvalue weighted by Crippen LogP contribution is 2.11. The summed E-state index contributed by atoms with van der Waals surface area (Å²) in [6, 6.07) is 11.8. The first kappa shape index (κ1) is 20.8. The van der Waals surface area contributed by atoms with Crippen LogP contribution < -0.4 is 15.4 Å². The van der Waals surface area contributed by atoms with Crippen LogP contribution in [0.15, 0.2) is 52.1 Å². The van der Waals surface area contributed by atoms with Gasteiger partial charge < -0.3 is 24.9 Å². The first-order valence-corrected chi connectivity index (χ1v) is 9.60. The van der Waals surface area contributed by atoms with Gasteiger partial charge in [0.25, 0.3) is 0 Å². The maximum Gasteiger partial charge on any atom is 0.191 e. The lowest BCUT2D eigenvalue weighted by Gasteiger charge is -2.12. The molecule has 0 aliphatic carbocycles. The van der Waals surface area contributed by atoms with Crippen molar-refractivity contribution < 1.29 is 14.3 Å². The third-order valence-electron chi connectivity index (χ3n) is 4.20. The highest BCUT2D eigenvalue weighted by molar-refractivity contribution is 5.79. The predicted octanol–water partition coefficient (Wildman–Crippen LogP) is 3.12. The number of hydrogen-bond acceptors (Lipinski definition) is 4. The van der Waals surface area contributed by atoms with E-state index in [2.05, 4.69) is 15.6 Å². The molecule has 1 aromatic heterocycles. The van der Waals surface area contributed by atoms with Gasteiger partial charge in [-0.15, -0.1) is 0 Å². The normalized spacial score (nSPS) is 11.4. The molecule has 2 rings (SSSR count). The number of benzene rings is 1. The number of rotatable bonds is 12. The molecule has 0 saturated carbocycles. The lowest BCUT2D eigenvalue weighted by Crippen LogP contribution is -2.39. The molecule has 0 atom stereocenters. The second-order valence-electron chi connectivity index (χ2n) is 6.33. The molecule has 6 heteroatoms. The highest BCUT2D eigenvalue weighted by atomic mass is 16.5. The number of guanidine groups is 1. The molecule has 6 nitrogen and oxygen atoms in total. The minimum absolute atomic E-state index is 0.274. The maximum absolute atomic E-state index is 8.84. The monoisotopic (exact) mass is 373 g/mol. The van der Waals surface area contributed by atoms with Crippen LogP contribution in [-0.4, -0.2) is 37.9 Å². The summed E-state index contributed by atoms with van der Waals surface area (Å²) < 4.78 is 10.6. The van der Waals surface area contributed by atoms with Crippen molar-refractivity contribution in [3.8, 4) is 5.75 Å². The van der Waals surface area contributed by atoms with Gasteiger partial charge in [0, 0.05) is 26.1 Å². The van der Waals surface area contributed by atoms with E-state index < -0.39 is 0 Å². The minimum atomic E-state index is 0.274. The third kappa shape index (κ3) is 8.64. The van der Waals surface area contributed by atoms with Crippen LogP contribution in [0.2, 0.25) is 0 Å². The van der Waals surface area contributed by atoms with Gasteiger partial charge in [-0.3, -0.25) is 0 Å². The lowest BCUT2D eigenvalue weighted by atomic mass is 10.2. The van der Waals surface area contributed by atoms with Crippen molar-refractivity contribution in [2.24, 2.45) is 4.99 Å². The van der Waals surface area contributed by atoms with E-state index in [1.807, 2.05) is 36.4 Å². The average molecular weight is 373 g/mol. The van der Waals surface area contributed by atoms with Gasteiger partial charge in [-0.1, -0.05) is 25.0 Å². The Morgan fingerprint density at radius 3 is 2.52 bits per heavy atom. The Labute approximate surface area is 161 Å². The smallest absolute Gasteiger partial charge is 0.191 e. The van der Waals surface area contributed by atoms with Gasteiger partial charge in [-0.05, 0) is 42.7 Å². The number of furan rings is 1. The Bertz CT molecular complexity index is 639. The molecule has 1 heterocycles. The van der Waals surface area contributed by atoms with Crippen molar-refractivity contribution >= 4 is 5.96 Å². The summed E-state index contributed by atoms with van der Waals surface area (Å²) in [5.41, 5.74) is 1.13. The van der Waals surface area contributed by atoms with Crippen LogP contribution in [0.25, 0.3) is 0 Å². The second kappa shape index (κ2) is 12.8. The molecule has 3 N–H and O–H groups in total. The van der Waals surface area contributed by atoms with Crippen LogP contribution in [0.1, 0.15) is 37.0 Å². The van der Waals surface area contributed by atoms with Crippen molar-refractivity contribution in [3.63, 3.8) is 0 Å². The molecular weight excluding hydrogens is 342 g/mol. The minimum Gasteiger partial charge on any atom is -0.497 e. The van der Waals surface area contributed by atoms with E-state index in [0.717, 1.165) is 68.2 Å². The molecule has 2 aromatic rings. The molecule has 1 aromatic carbocycles. The zero-order valence-corrected chi connectivity index (χ0v) is 16.1. The van der Waals surface area contributed by atoms with Gasteiger partial charge in [-0.2, -0.15) is 0 Å². The number of methoxy groups -OCH3 is 1. The zero-order chi connectivity index (χ0) is 19.2. The Balaban J connectivity index is 1.82. The quantitative estimate of drug-likeness (QED) is 0.303. The summed E-state index contributed by atoms with van der Waals surface area (Å²) in [5.74, 6) is 2.61. The Hall–Kier alpha value is -2.47. The Kier molecular flexibility index (Phi) is 9.89. The number of unbranched alkanes of at least 4 members (excludes halogenated alkanes) is 3. The predicted molar refractivity (Wildman–Crippen MR) is 108 cm³/mol. The van der Waals surface area contributed by atoms with E-state index in [1.165, 1.54) is 0 Å².